The van der Waals surface area contributed by atoms with Gasteiger partial charge in [0.25, 0.3) is 5.91 Å². The van der Waals surface area contributed by atoms with E-state index >= 15 is 0 Å². The molecule has 1 unspecified atom stereocenters. The van der Waals surface area contributed by atoms with E-state index in [-0.39, 0.29) is 29.9 Å². The number of halogens is 2. The Morgan fingerprint density at radius 3 is 2.81 bits per heavy atom. The first-order chi connectivity index (χ1) is 14.8. The molecular formula is C20H26F2N8O. The third-order valence-corrected chi connectivity index (χ3v) is 4.17. The molecule has 2 atom stereocenters. The fraction of sp³-hybridized carbons (Fsp3) is 0.300. The second kappa shape index (κ2) is 11.6. The van der Waals surface area contributed by atoms with Crippen LogP contribution in [-0.2, 0) is 0 Å². The number of anilines is 3. The number of aliphatic imine (C=N–C) groups is 1. The first-order valence-electron chi connectivity index (χ1n) is 9.51. The number of nitrogens with one attached hydrogen (secondary N) is 2. The second-order valence-corrected chi connectivity index (χ2v) is 6.69. The molecule has 1 aromatic carbocycles. The third kappa shape index (κ3) is 7.63. The van der Waals surface area contributed by atoms with Crippen LogP contribution in [0.15, 0.2) is 47.7 Å². The van der Waals surface area contributed by atoms with Crippen LogP contribution in [0, 0.1) is 0 Å². The molecule has 0 aliphatic carbocycles. The molecule has 166 valence electrons. The number of carbonyl (C=O) groups excluding carboxylic acids is 1. The van der Waals surface area contributed by atoms with Crippen molar-refractivity contribution in [1.82, 2.24) is 9.97 Å². The Hall–Kier alpha value is -3.60. The first kappa shape index (κ1) is 23.7. The average molecular weight is 432 g/mol. The molecule has 9 nitrogen and oxygen atoms in total. The predicted octanol–water partition coefficient (Wildman–Crippen LogP) is 2.32. The van der Waals surface area contributed by atoms with Crippen molar-refractivity contribution >= 4 is 29.4 Å². The van der Waals surface area contributed by atoms with Gasteiger partial charge in [0.1, 0.15) is 5.82 Å². The molecule has 0 saturated heterocycles. The Balaban J connectivity index is 2.20. The maximum atomic E-state index is 12.4. The van der Waals surface area contributed by atoms with Crippen LogP contribution in [0.1, 0.15) is 35.4 Å². The van der Waals surface area contributed by atoms with Crippen molar-refractivity contribution < 1.29 is 13.6 Å². The summed E-state index contributed by atoms with van der Waals surface area (Å²) in [4.78, 5) is 24.4. The van der Waals surface area contributed by atoms with Crippen molar-refractivity contribution in [2.75, 3.05) is 17.2 Å². The summed E-state index contributed by atoms with van der Waals surface area (Å²) in [5.74, 6) is -0.377. The molecule has 0 radical (unpaired) electrons. The highest BCUT2D eigenvalue weighted by Gasteiger charge is 2.15. The fourth-order valence-corrected chi connectivity index (χ4v) is 2.62. The van der Waals surface area contributed by atoms with Crippen LogP contribution in [0.25, 0.3) is 0 Å². The van der Waals surface area contributed by atoms with Crippen LogP contribution in [0.3, 0.4) is 0 Å². The summed E-state index contributed by atoms with van der Waals surface area (Å²) in [5, 5.41) is 5.87. The molecule has 31 heavy (non-hydrogen) atoms. The summed E-state index contributed by atoms with van der Waals surface area (Å²) < 4.78 is 24.8. The number of nitrogens with two attached hydrogens (primary N) is 3. The number of allylic oxidation sites excluding steroid dienone is 1. The number of hydrogen-bond acceptors (Lipinski definition) is 8. The van der Waals surface area contributed by atoms with Crippen molar-refractivity contribution in [1.29, 1.82) is 0 Å². The summed E-state index contributed by atoms with van der Waals surface area (Å²) in [6.45, 7) is 1.98. The Morgan fingerprint density at radius 1 is 1.35 bits per heavy atom. The molecule has 0 aliphatic heterocycles. The van der Waals surface area contributed by atoms with Gasteiger partial charge < -0.3 is 27.8 Å². The zero-order valence-corrected chi connectivity index (χ0v) is 17.0. The minimum absolute atomic E-state index is 0.0630. The molecule has 0 spiro atoms. The lowest BCUT2D eigenvalue weighted by atomic mass is 10.1. The summed E-state index contributed by atoms with van der Waals surface area (Å²) in [6, 6.07) is 6.46. The van der Waals surface area contributed by atoms with Gasteiger partial charge in [-0.15, -0.1) is 0 Å². The quantitative estimate of drug-likeness (QED) is 0.341. The minimum atomic E-state index is -2.50. The Labute approximate surface area is 178 Å². The van der Waals surface area contributed by atoms with Gasteiger partial charge in [-0.3, -0.25) is 9.79 Å². The maximum Gasteiger partial charge on any atom is 0.271 e. The molecule has 2 aromatic rings. The lowest BCUT2D eigenvalue weighted by Gasteiger charge is -2.15. The summed E-state index contributed by atoms with van der Waals surface area (Å²) in [7, 11) is 0. The predicted molar refractivity (Wildman–Crippen MR) is 118 cm³/mol. The van der Waals surface area contributed by atoms with E-state index in [2.05, 4.69) is 25.6 Å². The van der Waals surface area contributed by atoms with E-state index in [1.807, 2.05) is 25.1 Å². The monoisotopic (exact) mass is 432 g/mol. The Kier molecular flexibility index (Phi) is 8.82. The van der Waals surface area contributed by atoms with Gasteiger partial charge in [0, 0.05) is 30.9 Å². The largest absolute Gasteiger partial charge is 0.405 e. The summed E-state index contributed by atoms with van der Waals surface area (Å²) in [5.41, 5.74) is 17.8. The zero-order chi connectivity index (χ0) is 22.8. The smallest absolute Gasteiger partial charge is 0.271 e. The fourth-order valence-electron chi connectivity index (χ4n) is 2.62. The average Bonchev–Trinajstić information content (AvgIpc) is 2.72. The van der Waals surface area contributed by atoms with E-state index in [4.69, 9.17) is 17.2 Å². The van der Waals surface area contributed by atoms with Crippen LogP contribution in [-0.4, -0.2) is 41.1 Å². The molecular weight excluding hydrogens is 406 g/mol. The van der Waals surface area contributed by atoms with Gasteiger partial charge in [0.2, 0.25) is 6.43 Å². The van der Waals surface area contributed by atoms with Crippen LogP contribution >= 0.6 is 0 Å². The molecule has 0 fully saturated rings. The number of hydrogen-bond donors (Lipinski definition) is 5. The highest BCUT2D eigenvalue weighted by atomic mass is 19.3. The molecule has 1 amide bonds. The number of benzene rings is 1. The lowest BCUT2D eigenvalue weighted by molar-refractivity contribution is 0.0996. The van der Waals surface area contributed by atoms with E-state index in [0.717, 1.165) is 5.56 Å². The van der Waals surface area contributed by atoms with Crippen LogP contribution in [0.4, 0.5) is 26.1 Å². The van der Waals surface area contributed by atoms with Crippen molar-refractivity contribution in [2.45, 2.75) is 31.9 Å². The highest BCUT2D eigenvalue weighted by molar-refractivity contribution is 5.96. The van der Waals surface area contributed by atoms with Crippen molar-refractivity contribution in [3.63, 3.8) is 0 Å². The molecule has 2 rings (SSSR count). The van der Waals surface area contributed by atoms with Gasteiger partial charge in [0.05, 0.1) is 12.2 Å². The van der Waals surface area contributed by atoms with Crippen molar-refractivity contribution in [3.8, 4) is 0 Å². The van der Waals surface area contributed by atoms with Crippen molar-refractivity contribution in [2.24, 2.45) is 22.2 Å². The summed E-state index contributed by atoms with van der Waals surface area (Å²) >= 11 is 0. The zero-order valence-electron chi connectivity index (χ0n) is 17.0. The topological polar surface area (TPSA) is 157 Å². The second-order valence-electron chi connectivity index (χ2n) is 6.69. The number of aromatic nitrogens is 2. The van der Waals surface area contributed by atoms with E-state index < -0.39 is 24.8 Å². The third-order valence-electron chi connectivity index (χ3n) is 4.17. The molecule has 11 heteroatoms. The van der Waals surface area contributed by atoms with Gasteiger partial charge in [-0.2, -0.15) is 0 Å². The van der Waals surface area contributed by atoms with Crippen LogP contribution in [0.5, 0.6) is 0 Å². The highest BCUT2D eigenvalue weighted by Crippen LogP contribution is 2.24. The van der Waals surface area contributed by atoms with E-state index in [0.29, 0.717) is 5.69 Å². The molecule has 1 heterocycles. The number of nitrogens with zero attached hydrogens (tertiary/aromatic N) is 3. The summed E-state index contributed by atoms with van der Waals surface area (Å²) in [6.07, 6.45) is 2.97. The minimum Gasteiger partial charge on any atom is -0.405 e. The molecule has 1 aromatic heterocycles. The Morgan fingerprint density at radius 2 is 2.13 bits per heavy atom. The molecule has 8 N–H and O–H groups in total. The lowest BCUT2D eigenvalue weighted by Crippen LogP contribution is -2.31. The molecule has 0 saturated carbocycles. The van der Waals surface area contributed by atoms with E-state index in [9.17, 15) is 13.6 Å². The SMILES string of the molecule is CC(N=C/C=C\N)c1cccc(Nc2nc(NC[C@@H](N)CC(F)F)cnc2C(N)=O)c1. The number of primary amides is 1. The van der Waals surface area contributed by atoms with Gasteiger partial charge in [-0.25, -0.2) is 18.7 Å². The maximum absolute atomic E-state index is 12.4. The van der Waals surface area contributed by atoms with Gasteiger partial charge in [-0.05, 0) is 36.9 Å². The Bertz CT molecular complexity index is 935. The number of alkyl halides is 2. The molecule has 0 bridgehead atoms. The van der Waals surface area contributed by atoms with Gasteiger partial charge in [0.15, 0.2) is 11.5 Å². The van der Waals surface area contributed by atoms with E-state index in [1.165, 1.54) is 12.4 Å². The molecule has 0 aliphatic rings. The first-order valence-corrected chi connectivity index (χ1v) is 9.51. The van der Waals surface area contributed by atoms with Gasteiger partial charge in [-0.1, -0.05) is 12.1 Å². The van der Waals surface area contributed by atoms with Crippen LogP contribution in [0.2, 0.25) is 0 Å². The van der Waals surface area contributed by atoms with Crippen LogP contribution < -0.4 is 27.8 Å². The number of amides is 1. The van der Waals surface area contributed by atoms with E-state index in [1.54, 1.807) is 18.4 Å². The van der Waals surface area contributed by atoms with Gasteiger partial charge >= 0.3 is 0 Å². The number of rotatable bonds is 11. The standard InChI is InChI=1S/C20H26F2N8O/c1-12(26-7-3-6-23)13-4-2-5-15(8-13)29-20-18(19(25)31)28-11-17(30-20)27-10-14(24)9-16(21)22/h2-8,11-12,14,16H,9-10,23-24H2,1H3,(H2,25,31)(H2,27,29,30)/b6-3-,26-7?/t12?,14-/m0/s1. The van der Waals surface area contributed by atoms with Crippen molar-refractivity contribution in [3.05, 3.63) is 54.0 Å². The number of carbonyl (C=O) groups is 1. The normalized spacial score (nSPS) is 13.6.